The summed E-state index contributed by atoms with van der Waals surface area (Å²) in [6, 6.07) is 5.09. The summed E-state index contributed by atoms with van der Waals surface area (Å²) in [6.07, 6.45) is 0.690. The Balaban J connectivity index is 1.44. The Morgan fingerprint density at radius 1 is 1.39 bits per heavy atom. The molecule has 0 amide bonds. The Morgan fingerprint density at radius 3 is 3.00 bits per heavy atom. The molecule has 2 aliphatic rings. The van der Waals surface area contributed by atoms with Gasteiger partial charge in [-0.05, 0) is 35.9 Å². The van der Waals surface area contributed by atoms with Gasteiger partial charge in [0.15, 0.2) is 17.6 Å². The Labute approximate surface area is 166 Å². The van der Waals surface area contributed by atoms with E-state index in [2.05, 4.69) is 28.4 Å². The second-order valence-corrected chi connectivity index (χ2v) is 9.64. The standard InChI is InChI=1S/C17H18N4O5S2/c1-10(2)7-14-18-15(26-19-14)9-25-16(22)11-3-4-12-13(8-11)27-17-20-28(23,24)6-5-21(12)17/h3-4,8,10H,5-7,9H2,1-2H3. The molecule has 1 aromatic carbocycles. The molecule has 0 saturated heterocycles. The van der Waals surface area contributed by atoms with Gasteiger partial charge in [0, 0.05) is 17.9 Å². The molecular weight excluding hydrogens is 404 g/mol. The first-order valence-electron chi connectivity index (χ1n) is 8.71. The number of hydrogen-bond acceptors (Lipinski definition) is 9. The number of sulfonamides is 1. The number of rotatable bonds is 5. The van der Waals surface area contributed by atoms with Crippen LogP contribution in [0.15, 0.2) is 32.0 Å². The van der Waals surface area contributed by atoms with Crippen LogP contribution in [0.25, 0.3) is 0 Å². The number of anilines is 1. The highest BCUT2D eigenvalue weighted by Crippen LogP contribution is 2.42. The number of nitrogens with zero attached hydrogens (tertiary/aromatic N) is 4. The van der Waals surface area contributed by atoms with Gasteiger partial charge in [0.1, 0.15) is 0 Å². The maximum absolute atomic E-state index is 12.4. The summed E-state index contributed by atoms with van der Waals surface area (Å²) in [5, 5.41) is 4.27. The van der Waals surface area contributed by atoms with Crippen LogP contribution in [0.1, 0.15) is 35.9 Å². The van der Waals surface area contributed by atoms with E-state index in [0.717, 1.165) is 10.6 Å². The molecule has 0 aliphatic carbocycles. The van der Waals surface area contributed by atoms with Gasteiger partial charge in [-0.25, -0.2) is 13.2 Å². The molecule has 0 bridgehead atoms. The van der Waals surface area contributed by atoms with E-state index in [1.165, 1.54) is 11.8 Å². The van der Waals surface area contributed by atoms with E-state index in [1.807, 2.05) is 4.90 Å². The van der Waals surface area contributed by atoms with Gasteiger partial charge in [-0.3, -0.25) is 0 Å². The van der Waals surface area contributed by atoms with E-state index >= 15 is 0 Å². The number of benzene rings is 1. The number of fused-ring (bicyclic) bond motifs is 3. The molecule has 2 aromatic rings. The number of esters is 1. The van der Waals surface area contributed by atoms with Crippen molar-refractivity contribution in [1.82, 2.24) is 10.1 Å². The van der Waals surface area contributed by atoms with E-state index in [4.69, 9.17) is 9.26 Å². The Hall–Kier alpha value is -2.40. The molecule has 9 nitrogen and oxygen atoms in total. The summed E-state index contributed by atoms with van der Waals surface area (Å²) >= 11 is 1.23. The van der Waals surface area contributed by atoms with Gasteiger partial charge in [-0.15, -0.1) is 4.40 Å². The molecule has 0 unspecified atom stereocenters. The van der Waals surface area contributed by atoms with Crippen LogP contribution in [-0.4, -0.2) is 42.0 Å². The first-order valence-corrected chi connectivity index (χ1v) is 11.1. The number of carbonyl (C=O) groups is 1. The molecule has 28 heavy (non-hydrogen) atoms. The molecule has 1 aromatic heterocycles. The number of thioether (sulfide) groups is 1. The molecule has 0 atom stereocenters. The second kappa shape index (κ2) is 7.21. The van der Waals surface area contributed by atoms with E-state index in [1.54, 1.807) is 18.2 Å². The van der Waals surface area contributed by atoms with Crippen molar-refractivity contribution in [2.75, 3.05) is 17.2 Å². The van der Waals surface area contributed by atoms with E-state index < -0.39 is 16.0 Å². The van der Waals surface area contributed by atoms with Gasteiger partial charge < -0.3 is 14.2 Å². The van der Waals surface area contributed by atoms with Crippen LogP contribution in [0.5, 0.6) is 0 Å². The first kappa shape index (κ1) is 18.9. The maximum Gasteiger partial charge on any atom is 0.338 e. The van der Waals surface area contributed by atoms with Gasteiger partial charge in [0.2, 0.25) is 0 Å². The lowest BCUT2D eigenvalue weighted by Crippen LogP contribution is -2.35. The zero-order valence-electron chi connectivity index (χ0n) is 15.3. The van der Waals surface area contributed by atoms with E-state index in [9.17, 15) is 13.2 Å². The van der Waals surface area contributed by atoms with Gasteiger partial charge >= 0.3 is 5.97 Å². The lowest BCUT2D eigenvalue weighted by molar-refractivity contribution is 0.0429. The quantitative estimate of drug-likeness (QED) is 0.669. The third-order valence-corrected chi connectivity index (χ3v) is 6.44. The average molecular weight is 422 g/mol. The molecule has 148 valence electrons. The minimum atomic E-state index is -3.42. The summed E-state index contributed by atoms with van der Waals surface area (Å²) in [4.78, 5) is 19.2. The van der Waals surface area contributed by atoms with Crippen LogP contribution in [0, 0.1) is 5.92 Å². The van der Waals surface area contributed by atoms with E-state index in [0.29, 0.717) is 35.4 Å². The maximum atomic E-state index is 12.4. The molecule has 11 heteroatoms. The highest BCUT2D eigenvalue weighted by molar-refractivity contribution is 8.15. The zero-order chi connectivity index (χ0) is 19.9. The smallest absolute Gasteiger partial charge is 0.338 e. The van der Waals surface area contributed by atoms with Crippen LogP contribution in [0.3, 0.4) is 0 Å². The van der Waals surface area contributed by atoms with Crippen molar-refractivity contribution >= 4 is 38.6 Å². The summed E-state index contributed by atoms with van der Waals surface area (Å²) in [7, 11) is -3.42. The fourth-order valence-electron chi connectivity index (χ4n) is 2.87. The molecular formula is C17H18N4O5S2. The van der Waals surface area contributed by atoms with Crippen molar-refractivity contribution in [2.45, 2.75) is 31.8 Å². The first-order chi connectivity index (χ1) is 13.3. The number of hydrogen-bond donors (Lipinski definition) is 0. The van der Waals surface area contributed by atoms with Crippen LogP contribution < -0.4 is 4.90 Å². The third kappa shape index (κ3) is 3.90. The number of ether oxygens (including phenoxy) is 1. The van der Waals surface area contributed by atoms with Crippen molar-refractivity contribution in [3.63, 3.8) is 0 Å². The average Bonchev–Trinajstić information content (AvgIpc) is 3.20. The lowest BCUT2D eigenvalue weighted by Gasteiger charge is -2.22. The van der Waals surface area contributed by atoms with Crippen molar-refractivity contribution in [3.05, 3.63) is 35.5 Å². The summed E-state index contributed by atoms with van der Waals surface area (Å²) in [6.45, 7) is 4.34. The fraction of sp³-hybridized carbons (Fsp3) is 0.412. The second-order valence-electron chi connectivity index (χ2n) is 6.87. The van der Waals surface area contributed by atoms with Crippen LogP contribution in [0.2, 0.25) is 0 Å². The van der Waals surface area contributed by atoms with Crippen molar-refractivity contribution in [2.24, 2.45) is 10.3 Å². The SMILES string of the molecule is CC(C)Cc1noc(COC(=O)c2ccc3c(c2)SC2=NS(=O)(=O)CCN23)n1. The summed E-state index contributed by atoms with van der Waals surface area (Å²) < 4.78 is 37.5. The summed E-state index contributed by atoms with van der Waals surface area (Å²) in [5.41, 5.74) is 1.20. The molecule has 4 rings (SSSR count). The topological polar surface area (TPSA) is 115 Å². The normalized spacial score (nSPS) is 17.2. The highest BCUT2D eigenvalue weighted by Gasteiger charge is 2.33. The molecule has 0 fully saturated rings. The predicted octanol–water partition coefficient (Wildman–Crippen LogP) is 2.24. The predicted molar refractivity (Wildman–Crippen MR) is 103 cm³/mol. The van der Waals surface area contributed by atoms with Crippen molar-refractivity contribution in [3.8, 4) is 0 Å². The van der Waals surface area contributed by atoms with Gasteiger partial charge in [0.25, 0.3) is 15.9 Å². The number of aromatic nitrogens is 2. The molecule has 0 radical (unpaired) electrons. The van der Waals surface area contributed by atoms with Gasteiger partial charge in [0.05, 0.1) is 17.0 Å². The minimum absolute atomic E-state index is 0.0245. The molecule has 0 spiro atoms. The Bertz CT molecular complexity index is 1060. The molecule has 0 saturated carbocycles. The highest BCUT2D eigenvalue weighted by atomic mass is 32.2. The molecule has 0 N–H and O–H groups in total. The Morgan fingerprint density at radius 2 is 2.21 bits per heavy atom. The monoisotopic (exact) mass is 422 g/mol. The largest absolute Gasteiger partial charge is 0.452 e. The minimum Gasteiger partial charge on any atom is -0.452 e. The molecule has 2 aliphatic heterocycles. The lowest BCUT2D eigenvalue weighted by atomic mass is 10.1. The zero-order valence-corrected chi connectivity index (χ0v) is 16.9. The van der Waals surface area contributed by atoms with Crippen molar-refractivity contribution < 1.29 is 22.5 Å². The van der Waals surface area contributed by atoms with Gasteiger partial charge in [-0.2, -0.15) is 4.98 Å². The Kier molecular flexibility index (Phi) is 4.88. The summed E-state index contributed by atoms with van der Waals surface area (Å²) in [5.74, 6) is 0.685. The van der Waals surface area contributed by atoms with Crippen LogP contribution >= 0.6 is 11.8 Å². The molecule has 3 heterocycles. The van der Waals surface area contributed by atoms with Gasteiger partial charge in [-0.1, -0.05) is 19.0 Å². The van der Waals surface area contributed by atoms with Crippen LogP contribution in [-0.2, 0) is 27.8 Å². The van der Waals surface area contributed by atoms with E-state index in [-0.39, 0.29) is 18.3 Å². The van der Waals surface area contributed by atoms with Crippen molar-refractivity contribution in [1.29, 1.82) is 0 Å². The fourth-order valence-corrected chi connectivity index (χ4v) is 5.16. The number of carbonyl (C=O) groups excluding carboxylic acids is 1. The number of amidine groups is 1. The van der Waals surface area contributed by atoms with Crippen LogP contribution in [0.4, 0.5) is 5.69 Å². The third-order valence-electron chi connectivity index (χ3n) is 4.14.